The number of Topliss-reactive ketones (excluding diaryl/α,β-unsaturated/α-hetero) is 1. The molecular formula is C18H21N4O4. The Labute approximate surface area is 151 Å². The van der Waals surface area contributed by atoms with Gasteiger partial charge in [0.2, 0.25) is 11.8 Å². The zero-order valence-corrected chi connectivity index (χ0v) is 14.5. The van der Waals surface area contributed by atoms with Crippen molar-refractivity contribution in [3.05, 3.63) is 36.5 Å². The predicted molar refractivity (Wildman–Crippen MR) is 91.5 cm³/mol. The van der Waals surface area contributed by atoms with E-state index in [9.17, 15) is 19.2 Å². The van der Waals surface area contributed by atoms with Crippen LogP contribution < -0.4 is 5.73 Å². The van der Waals surface area contributed by atoms with Crippen LogP contribution in [0.3, 0.4) is 0 Å². The average molecular weight is 357 g/mol. The third-order valence-electron chi connectivity index (χ3n) is 5.03. The van der Waals surface area contributed by atoms with Crippen molar-refractivity contribution in [2.45, 2.75) is 31.8 Å². The first kappa shape index (κ1) is 18.0. The van der Waals surface area contributed by atoms with Crippen LogP contribution in [0.15, 0.2) is 24.5 Å². The number of nitrogens with two attached hydrogens (primary N) is 1. The molecule has 2 aliphatic heterocycles. The number of likely N-dealkylation sites (tertiary alicyclic amines) is 2. The lowest BCUT2D eigenvalue weighted by atomic mass is 10.0. The van der Waals surface area contributed by atoms with E-state index < -0.39 is 17.9 Å². The fraction of sp³-hybridized carbons (Fsp3) is 0.444. The molecule has 0 spiro atoms. The van der Waals surface area contributed by atoms with E-state index in [1.165, 1.54) is 23.7 Å². The molecule has 1 radical (unpaired) electrons. The number of aromatic nitrogens is 1. The molecule has 3 rings (SSSR count). The van der Waals surface area contributed by atoms with Crippen molar-refractivity contribution in [2.75, 3.05) is 13.1 Å². The maximum atomic E-state index is 12.7. The van der Waals surface area contributed by atoms with Gasteiger partial charge in [0.05, 0.1) is 19.0 Å². The number of hydrogen-bond donors (Lipinski definition) is 1. The van der Waals surface area contributed by atoms with E-state index in [2.05, 4.69) is 4.98 Å². The monoisotopic (exact) mass is 357 g/mol. The van der Waals surface area contributed by atoms with Crippen LogP contribution in [0.5, 0.6) is 0 Å². The van der Waals surface area contributed by atoms with Crippen LogP contribution >= 0.6 is 0 Å². The number of primary amides is 1. The predicted octanol–water partition coefficient (Wildman–Crippen LogP) is -0.208. The molecule has 0 bridgehead atoms. The number of nitrogens with zero attached hydrogens (tertiary/aromatic N) is 3. The molecule has 3 amide bonds. The third-order valence-corrected chi connectivity index (χ3v) is 5.03. The topological polar surface area (TPSA) is 114 Å². The maximum Gasteiger partial charge on any atom is 0.254 e. The summed E-state index contributed by atoms with van der Waals surface area (Å²) >= 11 is 0. The van der Waals surface area contributed by atoms with E-state index >= 15 is 0 Å². The van der Waals surface area contributed by atoms with Crippen LogP contribution in [-0.4, -0.2) is 63.5 Å². The molecule has 2 fully saturated rings. The van der Waals surface area contributed by atoms with Gasteiger partial charge in [-0.3, -0.25) is 24.2 Å². The molecule has 8 nitrogen and oxygen atoms in total. The maximum absolute atomic E-state index is 12.7. The number of amides is 3. The second-order valence-corrected chi connectivity index (χ2v) is 6.71. The molecular weight excluding hydrogens is 336 g/mol. The van der Waals surface area contributed by atoms with Gasteiger partial charge in [-0.2, -0.15) is 0 Å². The lowest BCUT2D eigenvalue weighted by molar-refractivity contribution is -0.133. The zero-order valence-electron chi connectivity index (χ0n) is 14.5. The summed E-state index contributed by atoms with van der Waals surface area (Å²) < 4.78 is 0. The summed E-state index contributed by atoms with van der Waals surface area (Å²) in [6.07, 6.45) is 5.25. The highest BCUT2D eigenvalue weighted by atomic mass is 16.2. The quantitative estimate of drug-likeness (QED) is 0.783. The van der Waals surface area contributed by atoms with Crippen molar-refractivity contribution in [3.63, 3.8) is 0 Å². The first-order valence-electron chi connectivity index (χ1n) is 8.57. The Morgan fingerprint density at radius 1 is 1.31 bits per heavy atom. The minimum Gasteiger partial charge on any atom is -0.369 e. The molecule has 0 saturated carbocycles. The largest absolute Gasteiger partial charge is 0.369 e. The molecule has 3 unspecified atom stereocenters. The van der Waals surface area contributed by atoms with Gasteiger partial charge in [-0.1, -0.05) is 6.92 Å². The number of carbonyl (C=O) groups is 4. The Kier molecular flexibility index (Phi) is 5.01. The number of pyridine rings is 1. The van der Waals surface area contributed by atoms with Gasteiger partial charge in [-0.15, -0.1) is 0 Å². The number of carbonyl (C=O) groups excluding carboxylic acids is 4. The fourth-order valence-electron chi connectivity index (χ4n) is 3.51. The summed E-state index contributed by atoms with van der Waals surface area (Å²) in [6, 6.07) is 2.29. The summed E-state index contributed by atoms with van der Waals surface area (Å²) in [7, 11) is 0. The molecule has 26 heavy (non-hydrogen) atoms. The Hall–Kier alpha value is -2.77. The Morgan fingerprint density at radius 3 is 2.65 bits per heavy atom. The summed E-state index contributed by atoms with van der Waals surface area (Å²) in [4.78, 5) is 55.7. The van der Waals surface area contributed by atoms with Gasteiger partial charge in [-0.05, 0) is 25.0 Å². The molecule has 2 aliphatic rings. The van der Waals surface area contributed by atoms with Crippen molar-refractivity contribution in [3.8, 4) is 0 Å². The van der Waals surface area contributed by atoms with Gasteiger partial charge >= 0.3 is 0 Å². The number of rotatable bonds is 5. The first-order valence-corrected chi connectivity index (χ1v) is 8.57. The van der Waals surface area contributed by atoms with E-state index in [1.807, 2.05) is 0 Å². The first-order chi connectivity index (χ1) is 12.4. The molecule has 8 heteroatoms. The van der Waals surface area contributed by atoms with Crippen molar-refractivity contribution in [2.24, 2.45) is 11.7 Å². The van der Waals surface area contributed by atoms with Crippen LogP contribution in [0.1, 0.15) is 30.1 Å². The Bertz CT molecular complexity index is 736. The smallest absolute Gasteiger partial charge is 0.254 e. The molecule has 1 aromatic heterocycles. The van der Waals surface area contributed by atoms with Gasteiger partial charge in [-0.25, -0.2) is 0 Å². The molecule has 0 aliphatic carbocycles. The van der Waals surface area contributed by atoms with Gasteiger partial charge in [0, 0.05) is 30.4 Å². The van der Waals surface area contributed by atoms with Crippen molar-refractivity contribution < 1.29 is 19.2 Å². The van der Waals surface area contributed by atoms with Crippen molar-refractivity contribution >= 4 is 23.5 Å². The molecule has 2 saturated heterocycles. The zero-order chi connectivity index (χ0) is 18.8. The lowest BCUT2D eigenvalue weighted by Gasteiger charge is -2.24. The average Bonchev–Trinajstić information content (AvgIpc) is 3.21. The van der Waals surface area contributed by atoms with E-state index in [1.54, 1.807) is 24.0 Å². The molecule has 0 aromatic carbocycles. The summed E-state index contributed by atoms with van der Waals surface area (Å²) in [5.74, 6) is -1.58. The summed E-state index contributed by atoms with van der Waals surface area (Å²) in [5, 5.41) is 0. The van der Waals surface area contributed by atoms with Gasteiger partial charge in [0.15, 0.2) is 5.78 Å². The summed E-state index contributed by atoms with van der Waals surface area (Å²) in [5.41, 5.74) is 5.68. The minimum atomic E-state index is -0.617. The van der Waals surface area contributed by atoms with Crippen LogP contribution in [0.2, 0.25) is 0 Å². The highest BCUT2D eigenvalue weighted by Gasteiger charge is 2.51. The SMILES string of the molecule is CC(C[CH]C(=O)N1CCC2C1C(=O)CN2C(=O)c1ccncc1)C(N)=O. The lowest BCUT2D eigenvalue weighted by Crippen LogP contribution is -2.43. The van der Waals surface area contributed by atoms with E-state index in [0.717, 1.165) is 0 Å². The molecule has 1 aromatic rings. The normalized spacial score (nSPS) is 23.0. The van der Waals surface area contributed by atoms with Gasteiger partial charge < -0.3 is 15.5 Å². The second-order valence-electron chi connectivity index (χ2n) is 6.71. The number of ketones is 1. The fourth-order valence-corrected chi connectivity index (χ4v) is 3.51. The minimum absolute atomic E-state index is 0.00203. The molecule has 2 N–H and O–H groups in total. The highest BCUT2D eigenvalue weighted by Crippen LogP contribution is 2.31. The summed E-state index contributed by atoms with van der Waals surface area (Å²) in [6.45, 7) is 2.05. The molecule has 137 valence electrons. The Morgan fingerprint density at radius 2 is 2.00 bits per heavy atom. The van der Waals surface area contributed by atoms with E-state index in [-0.39, 0.29) is 36.6 Å². The van der Waals surface area contributed by atoms with Crippen LogP contribution in [0.4, 0.5) is 0 Å². The molecule has 3 atom stereocenters. The van der Waals surface area contributed by atoms with E-state index in [4.69, 9.17) is 5.73 Å². The third kappa shape index (κ3) is 3.31. The van der Waals surface area contributed by atoms with E-state index in [0.29, 0.717) is 18.5 Å². The van der Waals surface area contributed by atoms with Gasteiger partial charge in [0.25, 0.3) is 5.91 Å². The Balaban J connectivity index is 1.68. The van der Waals surface area contributed by atoms with Crippen molar-refractivity contribution in [1.82, 2.24) is 14.8 Å². The molecule has 3 heterocycles. The van der Waals surface area contributed by atoms with Crippen LogP contribution in [0.25, 0.3) is 0 Å². The second kappa shape index (κ2) is 7.23. The van der Waals surface area contributed by atoms with Gasteiger partial charge in [0.1, 0.15) is 6.04 Å². The van der Waals surface area contributed by atoms with Crippen LogP contribution in [0, 0.1) is 12.3 Å². The number of fused-ring (bicyclic) bond motifs is 1. The van der Waals surface area contributed by atoms with Crippen LogP contribution in [-0.2, 0) is 14.4 Å². The highest BCUT2D eigenvalue weighted by molar-refractivity contribution is 6.02. The number of hydrogen-bond acceptors (Lipinski definition) is 5. The van der Waals surface area contributed by atoms with Crippen molar-refractivity contribution in [1.29, 1.82) is 0 Å². The standard InChI is InChI=1S/C18H21N4O4/c1-11(17(19)25)2-3-15(24)21-9-6-13-16(21)14(23)10-22(13)18(26)12-4-7-20-8-5-12/h3-5,7-8,11,13,16H,2,6,9-10H2,1H3,(H2,19,25).